The molecule has 7 nitrogen and oxygen atoms in total. The van der Waals surface area contributed by atoms with Crippen LogP contribution in [-0.4, -0.2) is 42.1 Å². The van der Waals surface area contributed by atoms with Crippen molar-refractivity contribution in [1.82, 2.24) is 10.2 Å². The van der Waals surface area contributed by atoms with Crippen LogP contribution in [0.5, 0.6) is 0 Å². The summed E-state index contributed by atoms with van der Waals surface area (Å²) in [7, 11) is 1.26. The Morgan fingerprint density at radius 2 is 1.93 bits per heavy atom. The lowest BCUT2D eigenvalue weighted by atomic mass is 9.90. The summed E-state index contributed by atoms with van der Waals surface area (Å²) < 4.78 is 9.95. The van der Waals surface area contributed by atoms with Gasteiger partial charge in [-0.15, -0.1) is 6.58 Å². The molecule has 0 aliphatic carbocycles. The van der Waals surface area contributed by atoms with Crippen molar-refractivity contribution < 1.29 is 23.9 Å². The van der Waals surface area contributed by atoms with Crippen LogP contribution in [0, 0.1) is 0 Å². The SMILES string of the molecule is C=CC[C@@H]1[C@@H](NC(=O)OCc2ccccc2)C(=O)N1C(C(=O)OC)=C(C)C. The predicted molar refractivity (Wildman–Crippen MR) is 99.4 cm³/mol. The van der Waals surface area contributed by atoms with Crippen LogP contribution in [0.1, 0.15) is 25.8 Å². The molecule has 0 unspecified atom stereocenters. The van der Waals surface area contributed by atoms with Crippen LogP contribution < -0.4 is 5.32 Å². The minimum absolute atomic E-state index is 0.102. The van der Waals surface area contributed by atoms with Gasteiger partial charge in [-0.25, -0.2) is 9.59 Å². The fourth-order valence-electron chi connectivity index (χ4n) is 2.92. The molecule has 1 aromatic carbocycles. The number of benzene rings is 1. The lowest BCUT2D eigenvalue weighted by Crippen LogP contribution is -2.70. The van der Waals surface area contributed by atoms with Crippen LogP contribution in [0.2, 0.25) is 0 Å². The summed E-state index contributed by atoms with van der Waals surface area (Å²) >= 11 is 0. The number of methoxy groups -OCH3 is 1. The van der Waals surface area contributed by atoms with E-state index >= 15 is 0 Å². The number of nitrogens with zero attached hydrogens (tertiary/aromatic N) is 1. The summed E-state index contributed by atoms with van der Waals surface area (Å²) in [5, 5.41) is 2.58. The van der Waals surface area contributed by atoms with Gasteiger partial charge in [0.25, 0.3) is 5.91 Å². The molecule has 1 saturated heterocycles. The Kier molecular flexibility index (Phi) is 6.76. The molecule has 2 amide bonds. The van der Waals surface area contributed by atoms with Gasteiger partial charge in [-0.3, -0.25) is 9.69 Å². The number of allylic oxidation sites excluding steroid dienone is 1. The van der Waals surface area contributed by atoms with Crippen LogP contribution >= 0.6 is 0 Å². The van der Waals surface area contributed by atoms with E-state index in [1.807, 2.05) is 30.3 Å². The van der Waals surface area contributed by atoms with Crippen molar-refractivity contribution in [2.45, 2.75) is 39.0 Å². The van der Waals surface area contributed by atoms with Gasteiger partial charge in [-0.2, -0.15) is 0 Å². The molecular weight excluding hydrogens is 348 g/mol. The molecule has 1 heterocycles. The average molecular weight is 372 g/mol. The zero-order valence-corrected chi connectivity index (χ0v) is 15.7. The fourth-order valence-corrected chi connectivity index (χ4v) is 2.92. The third-order valence-corrected chi connectivity index (χ3v) is 4.21. The molecule has 0 radical (unpaired) electrons. The van der Waals surface area contributed by atoms with Crippen molar-refractivity contribution in [1.29, 1.82) is 0 Å². The minimum Gasteiger partial charge on any atom is -0.464 e. The summed E-state index contributed by atoms with van der Waals surface area (Å²) in [6, 6.07) is 8.01. The molecule has 144 valence electrons. The number of ether oxygens (including phenoxy) is 2. The van der Waals surface area contributed by atoms with E-state index in [9.17, 15) is 14.4 Å². The van der Waals surface area contributed by atoms with Crippen LogP contribution in [0.3, 0.4) is 0 Å². The van der Waals surface area contributed by atoms with Crippen molar-refractivity contribution in [3.63, 3.8) is 0 Å². The summed E-state index contributed by atoms with van der Waals surface area (Å²) in [6.45, 7) is 7.23. The molecular formula is C20H24N2O5. The first-order chi connectivity index (χ1) is 12.9. The molecule has 1 aliphatic heterocycles. The van der Waals surface area contributed by atoms with Crippen molar-refractivity contribution >= 4 is 18.0 Å². The maximum Gasteiger partial charge on any atom is 0.408 e. The van der Waals surface area contributed by atoms with E-state index in [1.54, 1.807) is 19.9 Å². The summed E-state index contributed by atoms with van der Waals surface area (Å²) in [6.07, 6.45) is 1.35. The highest BCUT2D eigenvalue weighted by atomic mass is 16.5. The Morgan fingerprint density at radius 3 is 2.48 bits per heavy atom. The van der Waals surface area contributed by atoms with Gasteiger partial charge in [0.2, 0.25) is 0 Å². The van der Waals surface area contributed by atoms with Crippen molar-refractivity contribution in [3.05, 3.63) is 59.8 Å². The van der Waals surface area contributed by atoms with Crippen LogP contribution in [0.4, 0.5) is 4.79 Å². The second kappa shape index (κ2) is 9.02. The number of esters is 1. The monoisotopic (exact) mass is 372 g/mol. The Labute approximate surface area is 158 Å². The second-order valence-corrected chi connectivity index (χ2v) is 6.32. The first-order valence-corrected chi connectivity index (χ1v) is 8.57. The molecule has 2 rings (SSSR count). The van der Waals surface area contributed by atoms with E-state index < -0.39 is 24.1 Å². The minimum atomic E-state index is -0.787. The molecule has 2 atom stereocenters. The van der Waals surface area contributed by atoms with Crippen molar-refractivity contribution in [2.75, 3.05) is 7.11 Å². The second-order valence-electron chi connectivity index (χ2n) is 6.32. The largest absolute Gasteiger partial charge is 0.464 e. The number of carbonyl (C=O) groups is 3. The smallest absolute Gasteiger partial charge is 0.408 e. The number of rotatable bonds is 7. The van der Waals surface area contributed by atoms with E-state index in [-0.39, 0.29) is 18.2 Å². The quantitative estimate of drug-likeness (QED) is 0.344. The standard InChI is InChI=1S/C20H24N2O5/c1-5-9-15-16(18(23)22(15)17(13(2)3)19(24)26-4)21-20(25)27-12-14-10-7-6-8-11-14/h5-8,10-11,15-16H,1,9,12H2,2-4H3,(H,21,25)/t15-,16-/m1/s1. The number of amides is 2. The first-order valence-electron chi connectivity index (χ1n) is 8.57. The normalized spacial score (nSPS) is 18.2. The Balaban J connectivity index is 2.06. The Bertz CT molecular complexity index is 753. The van der Waals surface area contributed by atoms with Crippen molar-refractivity contribution in [3.8, 4) is 0 Å². The highest BCUT2D eigenvalue weighted by Crippen LogP contribution is 2.30. The van der Waals surface area contributed by atoms with Gasteiger partial charge in [0, 0.05) is 0 Å². The van der Waals surface area contributed by atoms with E-state index in [4.69, 9.17) is 9.47 Å². The molecule has 0 bridgehead atoms. The molecule has 1 aromatic rings. The lowest BCUT2D eigenvalue weighted by molar-refractivity contribution is -0.153. The average Bonchev–Trinajstić information content (AvgIpc) is 2.67. The molecule has 1 aliphatic rings. The summed E-state index contributed by atoms with van der Waals surface area (Å²) in [5.74, 6) is -0.984. The molecule has 7 heteroatoms. The fraction of sp³-hybridized carbons (Fsp3) is 0.350. The molecule has 0 spiro atoms. The van der Waals surface area contributed by atoms with Crippen molar-refractivity contribution in [2.24, 2.45) is 0 Å². The summed E-state index contributed by atoms with van der Waals surface area (Å²) in [4.78, 5) is 38.1. The Morgan fingerprint density at radius 1 is 1.26 bits per heavy atom. The molecule has 0 saturated carbocycles. The van der Waals surface area contributed by atoms with Gasteiger partial charge in [-0.05, 0) is 31.4 Å². The number of carbonyl (C=O) groups excluding carboxylic acids is 3. The number of nitrogens with one attached hydrogen (secondary N) is 1. The van der Waals surface area contributed by atoms with E-state index in [2.05, 4.69) is 11.9 Å². The van der Waals surface area contributed by atoms with Gasteiger partial charge >= 0.3 is 12.1 Å². The highest BCUT2D eigenvalue weighted by molar-refractivity contribution is 6.01. The van der Waals surface area contributed by atoms with Crippen LogP contribution in [0.15, 0.2) is 54.3 Å². The third-order valence-electron chi connectivity index (χ3n) is 4.21. The van der Waals surface area contributed by atoms with Gasteiger partial charge in [0.05, 0.1) is 13.2 Å². The van der Waals surface area contributed by atoms with Gasteiger partial charge < -0.3 is 14.8 Å². The lowest BCUT2D eigenvalue weighted by Gasteiger charge is -2.47. The zero-order chi connectivity index (χ0) is 20.0. The number of hydrogen-bond acceptors (Lipinski definition) is 5. The zero-order valence-electron chi connectivity index (χ0n) is 15.7. The molecule has 1 N–H and O–H groups in total. The van der Waals surface area contributed by atoms with E-state index in [0.717, 1.165) is 5.56 Å². The Hall–Kier alpha value is -3.09. The van der Waals surface area contributed by atoms with E-state index in [1.165, 1.54) is 12.0 Å². The first kappa shape index (κ1) is 20.2. The van der Waals surface area contributed by atoms with Crippen LogP contribution in [-0.2, 0) is 25.7 Å². The number of hydrogen-bond donors (Lipinski definition) is 1. The van der Waals surface area contributed by atoms with Crippen LogP contribution in [0.25, 0.3) is 0 Å². The third kappa shape index (κ3) is 4.55. The highest BCUT2D eigenvalue weighted by Gasteiger charge is 2.51. The van der Waals surface area contributed by atoms with Gasteiger partial charge in [0.1, 0.15) is 18.3 Å². The topological polar surface area (TPSA) is 84.9 Å². The maximum absolute atomic E-state index is 12.6. The van der Waals surface area contributed by atoms with Gasteiger partial charge in [0.15, 0.2) is 0 Å². The molecule has 0 aromatic heterocycles. The molecule has 1 fully saturated rings. The maximum atomic E-state index is 12.6. The van der Waals surface area contributed by atoms with E-state index in [0.29, 0.717) is 12.0 Å². The number of β-lactam (4-membered cyclic amide) rings is 1. The molecule has 27 heavy (non-hydrogen) atoms. The number of alkyl carbamates (subject to hydrolysis) is 1. The number of likely N-dealkylation sites (tertiary alicyclic amines) is 1. The van der Waals surface area contributed by atoms with Gasteiger partial charge in [-0.1, -0.05) is 36.4 Å². The predicted octanol–water partition coefficient (Wildman–Crippen LogP) is 2.54. The summed E-state index contributed by atoms with van der Waals surface area (Å²) in [5.41, 5.74) is 1.67.